The Labute approximate surface area is 175 Å². The molecule has 1 aliphatic heterocycles. The third kappa shape index (κ3) is 5.74. The van der Waals surface area contributed by atoms with E-state index in [0.29, 0.717) is 10.1 Å². The number of halogens is 1. The van der Waals surface area contributed by atoms with Gasteiger partial charge in [0.2, 0.25) is 0 Å². The second-order valence-electron chi connectivity index (χ2n) is 6.20. The van der Waals surface area contributed by atoms with Gasteiger partial charge in [0.15, 0.2) is 12.2 Å². The third-order valence-corrected chi connectivity index (χ3v) is 4.49. The average Bonchev–Trinajstić information content (AvgIpc) is 3.01. The lowest BCUT2D eigenvalue weighted by atomic mass is 9.90. The lowest BCUT2D eigenvalue weighted by Gasteiger charge is -2.44. The molecule has 28 heavy (non-hydrogen) atoms. The summed E-state index contributed by atoms with van der Waals surface area (Å²) in [7, 11) is 0. The largest absolute Gasteiger partial charge is 0.463 e. The predicted molar refractivity (Wildman–Crippen MR) is 103 cm³/mol. The van der Waals surface area contributed by atoms with Gasteiger partial charge in [0.25, 0.3) is 0 Å². The Morgan fingerprint density at radius 3 is 2.25 bits per heavy atom. The number of ether oxygens (including phenoxy) is 4. The van der Waals surface area contributed by atoms with Gasteiger partial charge in [-0.3, -0.25) is 14.4 Å². The number of rotatable bonds is 7. The maximum atomic E-state index is 11.8. The molecule has 5 atom stereocenters. The molecule has 0 aliphatic carbocycles. The van der Waals surface area contributed by atoms with E-state index < -0.39 is 48.4 Å². The molecule has 0 spiro atoms. The minimum absolute atomic E-state index is 0.143. The number of nitrogens with zero attached hydrogens (tertiary/aromatic N) is 3. The van der Waals surface area contributed by atoms with E-state index in [0.717, 1.165) is 0 Å². The maximum Gasteiger partial charge on any atom is 0.303 e. The molecule has 0 amide bonds. The molecule has 1 aliphatic rings. The van der Waals surface area contributed by atoms with Crippen LogP contribution in [0.3, 0.4) is 0 Å². The molecule has 0 aromatic carbocycles. The zero-order valence-corrected chi connectivity index (χ0v) is 17.9. The monoisotopic (exact) mass is 507 g/mol. The molecule has 11 heteroatoms. The zero-order valence-electron chi connectivity index (χ0n) is 15.7. The number of carbonyl (C=O) groups is 3. The Morgan fingerprint density at radius 1 is 1.18 bits per heavy atom. The van der Waals surface area contributed by atoms with Crippen molar-refractivity contribution in [3.05, 3.63) is 22.6 Å². The van der Waals surface area contributed by atoms with Gasteiger partial charge in [0, 0.05) is 20.8 Å². The topological polar surface area (TPSA) is 119 Å². The average molecular weight is 507 g/mol. The Kier molecular flexibility index (Phi) is 7.92. The summed E-state index contributed by atoms with van der Waals surface area (Å²) in [5, 5.41) is 8.03. The first kappa shape index (κ1) is 22.3. The molecule has 10 nitrogen and oxygen atoms in total. The van der Waals surface area contributed by atoms with Crippen LogP contribution in [0.15, 0.2) is 18.9 Å². The van der Waals surface area contributed by atoms with E-state index in [-0.39, 0.29) is 6.61 Å². The molecule has 1 aromatic heterocycles. The maximum absolute atomic E-state index is 11.8. The first-order valence-corrected chi connectivity index (χ1v) is 9.62. The standard InChI is InChI=1S/C17H22IN3O7/c1-5-6-12-16(26-10(3)23)15(21-7-14(18)19-20-21)17(27-11(4)24)13(28-12)8-25-9(2)22/h5,7,12-13,15-17H,1,6,8H2,2-4H3/t12-,13-,15-,16+,17+/m1/s1. The molecule has 1 fully saturated rings. The molecular formula is C17H22IN3O7. The van der Waals surface area contributed by atoms with Gasteiger partial charge in [-0.15, -0.1) is 11.7 Å². The van der Waals surface area contributed by atoms with Gasteiger partial charge in [-0.1, -0.05) is 11.3 Å². The van der Waals surface area contributed by atoms with Crippen LogP contribution in [0.1, 0.15) is 33.2 Å². The Hall–Kier alpha value is -2.02. The van der Waals surface area contributed by atoms with Gasteiger partial charge in [0.05, 0.1) is 6.20 Å². The van der Waals surface area contributed by atoms with Crippen LogP contribution >= 0.6 is 22.6 Å². The molecular weight excluding hydrogens is 485 g/mol. The van der Waals surface area contributed by atoms with Crippen molar-refractivity contribution in [1.82, 2.24) is 15.0 Å². The molecule has 0 unspecified atom stereocenters. The molecule has 2 heterocycles. The van der Waals surface area contributed by atoms with E-state index in [4.69, 9.17) is 18.9 Å². The summed E-state index contributed by atoms with van der Waals surface area (Å²) in [6, 6.07) is -0.733. The minimum Gasteiger partial charge on any atom is -0.463 e. The lowest BCUT2D eigenvalue weighted by Crippen LogP contribution is -2.58. The van der Waals surface area contributed by atoms with E-state index in [1.807, 2.05) is 22.6 Å². The van der Waals surface area contributed by atoms with Gasteiger partial charge in [-0.25, -0.2) is 4.68 Å². The summed E-state index contributed by atoms with van der Waals surface area (Å²) in [5.41, 5.74) is 0. The molecule has 0 bridgehead atoms. The van der Waals surface area contributed by atoms with Crippen molar-refractivity contribution in [3.63, 3.8) is 0 Å². The fourth-order valence-corrected chi connectivity index (χ4v) is 3.45. The van der Waals surface area contributed by atoms with E-state index in [9.17, 15) is 14.4 Å². The third-order valence-electron chi connectivity index (χ3n) is 4.00. The molecule has 0 saturated carbocycles. The summed E-state index contributed by atoms with van der Waals surface area (Å²) in [6.07, 6.45) is 0.446. The van der Waals surface area contributed by atoms with Crippen LogP contribution in [0.4, 0.5) is 0 Å². The Morgan fingerprint density at radius 2 is 1.79 bits per heavy atom. The molecule has 1 saturated heterocycles. The summed E-state index contributed by atoms with van der Waals surface area (Å²) in [5.74, 6) is -1.59. The number of hydrogen-bond acceptors (Lipinski definition) is 9. The number of esters is 3. The fraction of sp³-hybridized carbons (Fsp3) is 0.588. The second-order valence-corrected chi connectivity index (χ2v) is 7.31. The Bertz CT molecular complexity index is 738. The number of aromatic nitrogens is 3. The van der Waals surface area contributed by atoms with Crippen LogP contribution in [-0.2, 0) is 33.3 Å². The van der Waals surface area contributed by atoms with Crippen LogP contribution in [0, 0.1) is 3.70 Å². The van der Waals surface area contributed by atoms with Crippen molar-refractivity contribution < 1.29 is 33.3 Å². The van der Waals surface area contributed by atoms with Crippen molar-refractivity contribution in [2.24, 2.45) is 0 Å². The quantitative estimate of drug-likeness (QED) is 0.232. The van der Waals surface area contributed by atoms with Gasteiger partial charge in [0.1, 0.15) is 28.6 Å². The van der Waals surface area contributed by atoms with Gasteiger partial charge >= 0.3 is 17.9 Å². The highest BCUT2D eigenvalue weighted by Gasteiger charge is 2.51. The molecule has 154 valence electrons. The Balaban J connectivity index is 2.49. The molecule has 0 N–H and O–H groups in total. The van der Waals surface area contributed by atoms with Crippen LogP contribution in [-0.4, -0.2) is 63.9 Å². The smallest absolute Gasteiger partial charge is 0.303 e. The zero-order chi connectivity index (χ0) is 20.8. The lowest BCUT2D eigenvalue weighted by molar-refractivity contribution is -0.228. The van der Waals surface area contributed by atoms with E-state index >= 15 is 0 Å². The number of hydrogen-bond donors (Lipinski definition) is 0. The van der Waals surface area contributed by atoms with Crippen molar-refractivity contribution in [3.8, 4) is 0 Å². The van der Waals surface area contributed by atoms with Crippen LogP contribution in [0.25, 0.3) is 0 Å². The van der Waals surface area contributed by atoms with Crippen LogP contribution in [0.2, 0.25) is 0 Å². The van der Waals surface area contributed by atoms with Crippen LogP contribution < -0.4 is 0 Å². The highest BCUT2D eigenvalue weighted by atomic mass is 127. The molecule has 0 radical (unpaired) electrons. The second kappa shape index (κ2) is 9.96. The van der Waals surface area contributed by atoms with Crippen molar-refractivity contribution in [1.29, 1.82) is 0 Å². The predicted octanol–water partition coefficient (Wildman–Crippen LogP) is 1.19. The van der Waals surface area contributed by atoms with E-state index in [1.54, 1.807) is 12.3 Å². The minimum atomic E-state index is -0.931. The fourth-order valence-electron chi connectivity index (χ4n) is 3.07. The normalized spacial score (nSPS) is 26.9. The first-order valence-electron chi connectivity index (χ1n) is 8.54. The van der Waals surface area contributed by atoms with Crippen molar-refractivity contribution >= 4 is 40.5 Å². The highest BCUT2D eigenvalue weighted by Crippen LogP contribution is 2.36. The summed E-state index contributed by atoms with van der Waals surface area (Å²) in [4.78, 5) is 34.8. The SMILES string of the molecule is C=CC[C@H]1O[C@H](COC(C)=O)[C@H](OC(C)=O)[C@H](n2cc(I)nn2)[C@H]1OC(C)=O. The van der Waals surface area contributed by atoms with Gasteiger partial charge in [-0.2, -0.15) is 0 Å². The summed E-state index contributed by atoms with van der Waals surface area (Å²) < 4.78 is 24.2. The van der Waals surface area contributed by atoms with E-state index in [2.05, 4.69) is 16.9 Å². The highest BCUT2D eigenvalue weighted by molar-refractivity contribution is 14.1. The van der Waals surface area contributed by atoms with Gasteiger partial charge in [-0.05, 0) is 29.0 Å². The molecule has 1 aromatic rings. The van der Waals surface area contributed by atoms with Crippen molar-refractivity contribution in [2.45, 2.75) is 57.6 Å². The molecule has 2 rings (SSSR count). The number of carbonyl (C=O) groups excluding carboxylic acids is 3. The van der Waals surface area contributed by atoms with Crippen LogP contribution in [0.5, 0.6) is 0 Å². The summed E-state index contributed by atoms with van der Waals surface area (Å²) >= 11 is 1.99. The van der Waals surface area contributed by atoms with Crippen molar-refractivity contribution in [2.75, 3.05) is 6.61 Å². The van der Waals surface area contributed by atoms with Gasteiger partial charge < -0.3 is 18.9 Å². The van der Waals surface area contributed by atoms with E-state index in [1.165, 1.54) is 25.5 Å². The first-order chi connectivity index (χ1) is 13.2. The summed E-state index contributed by atoms with van der Waals surface area (Å²) in [6.45, 7) is 7.36.